The molecule has 0 saturated heterocycles. The van der Waals surface area contributed by atoms with Crippen LogP contribution < -0.4 is 0 Å². The van der Waals surface area contributed by atoms with Crippen molar-refractivity contribution in [2.24, 2.45) is 5.92 Å². The van der Waals surface area contributed by atoms with Gasteiger partial charge in [-0.3, -0.25) is 4.90 Å². The largest absolute Gasteiger partial charge is 0.450 e. The van der Waals surface area contributed by atoms with Gasteiger partial charge in [-0.2, -0.15) is 0 Å². The van der Waals surface area contributed by atoms with Crippen LogP contribution in [0.15, 0.2) is 30.2 Å². The summed E-state index contributed by atoms with van der Waals surface area (Å²) in [5, 5.41) is 11.6. The zero-order chi connectivity index (χ0) is 23.2. The molecule has 0 aromatic heterocycles. The SMILES string of the molecule is Cl.[2H]c1c([2H])c([2H])c(C(O)(C(=O)OCC#CCN(CC)CC)C2CCCCC2)c([2H])c1[2H]. The molecule has 1 saturated carbocycles. The second-order valence-electron chi connectivity index (χ2n) is 6.49. The molecule has 0 heterocycles. The molecule has 1 fully saturated rings. The molecule has 1 N–H and O–H groups in total. The quantitative estimate of drug-likeness (QED) is 0.561. The van der Waals surface area contributed by atoms with Crippen molar-refractivity contribution < 1.29 is 21.5 Å². The summed E-state index contributed by atoms with van der Waals surface area (Å²) in [7, 11) is 0. The summed E-state index contributed by atoms with van der Waals surface area (Å²) in [5.74, 6) is 4.06. The van der Waals surface area contributed by atoms with E-state index >= 15 is 0 Å². The summed E-state index contributed by atoms with van der Waals surface area (Å²) in [5.41, 5.74) is -2.74. The van der Waals surface area contributed by atoms with E-state index in [0.717, 1.165) is 32.4 Å². The van der Waals surface area contributed by atoms with E-state index in [1.54, 1.807) is 0 Å². The standard InChI is InChI=1S/C22H31NO3.ClH/c1-3-23(4-2)17-11-12-18-26-21(24)22(25,19-13-7-5-8-14-19)20-15-9-6-10-16-20;/h5,7-8,13-14,20,25H,3-4,6,9-10,15-18H2,1-2H3;1H/i5D,7D,8D,13D,14D;. The van der Waals surface area contributed by atoms with Crippen LogP contribution in [-0.4, -0.2) is 42.2 Å². The summed E-state index contributed by atoms with van der Waals surface area (Å²) >= 11 is 0. The van der Waals surface area contributed by atoms with Crippen LogP contribution in [0.4, 0.5) is 0 Å². The number of hydrogen-bond donors (Lipinski definition) is 1. The van der Waals surface area contributed by atoms with Gasteiger partial charge in [-0.25, -0.2) is 4.79 Å². The minimum absolute atomic E-state index is 0. The van der Waals surface area contributed by atoms with E-state index in [2.05, 4.69) is 16.7 Å². The minimum atomic E-state index is -2.32. The summed E-state index contributed by atoms with van der Waals surface area (Å²) in [6.45, 7) is 6.03. The Kier molecular flexibility index (Phi) is 7.31. The molecule has 1 atom stereocenters. The Morgan fingerprint density at radius 1 is 1.22 bits per heavy atom. The van der Waals surface area contributed by atoms with Gasteiger partial charge >= 0.3 is 5.97 Å². The molecule has 4 nitrogen and oxygen atoms in total. The Hall–Kier alpha value is -1.54. The maximum absolute atomic E-state index is 13.1. The Balaban J connectivity index is 0.00000512. The summed E-state index contributed by atoms with van der Waals surface area (Å²) in [4.78, 5) is 15.2. The van der Waals surface area contributed by atoms with Gasteiger partial charge in [0.25, 0.3) is 0 Å². The van der Waals surface area contributed by atoms with Crippen LogP contribution in [0.2, 0.25) is 0 Å². The van der Waals surface area contributed by atoms with Gasteiger partial charge in [0.15, 0.2) is 12.2 Å². The lowest BCUT2D eigenvalue weighted by Crippen LogP contribution is -2.45. The van der Waals surface area contributed by atoms with Gasteiger partial charge in [0.1, 0.15) is 0 Å². The van der Waals surface area contributed by atoms with Crippen molar-refractivity contribution in [2.45, 2.75) is 51.6 Å². The third kappa shape index (κ3) is 6.24. The minimum Gasteiger partial charge on any atom is -0.450 e. The number of rotatable bonds is 7. The molecule has 27 heavy (non-hydrogen) atoms. The predicted molar refractivity (Wildman–Crippen MR) is 111 cm³/mol. The lowest BCUT2D eigenvalue weighted by Gasteiger charge is -2.36. The molecule has 0 aliphatic heterocycles. The monoisotopic (exact) mass is 398 g/mol. The van der Waals surface area contributed by atoms with Crippen LogP contribution >= 0.6 is 12.4 Å². The number of carbonyl (C=O) groups excluding carboxylic acids is 1. The second kappa shape index (κ2) is 12.0. The highest BCUT2D eigenvalue weighted by molar-refractivity contribution is 5.85. The Bertz CT molecular complexity index is 834. The van der Waals surface area contributed by atoms with Crippen LogP contribution in [-0.2, 0) is 15.1 Å². The van der Waals surface area contributed by atoms with Crippen LogP contribution in [0.1, 0.15) is 58.4 Å². The third-order valence-electron chi connectivity index (χ3n) is 4.99. The lowest BCUT2D eigenvalue weighted by molar-refractivity contribution is -0.174. The van der Waals surface area contributed by atoms with Crippen LogP contribution in [0.3, 0.4) is 0 Å². The molecule has 2 rings (SSSR count). The van der Waals surface area contributed by atoms with Crippen molar-refractivity contribution in [1.29, 1.82) is 0 Å². The fraction of sp³-hybridized carbons (Fsp3) is 0.591. The number of halogens is 1. The molecular weight excluding hydrogens is 362 g/mol. The van der Waals surface area contributed by atoms with E-state index in [9.17, 15) is 9.90 Å². The van der Waals surface area contributed by atoms with E-state index < -0.39 is 53.3 Å². The fourth-order valence-electron chi connectivity index (χ4n) is 3.31. The highest BCUT2D eigenvalue weighted by Crippen LogP contribution is 2.40. The highest BCUT2D eigenvalue weighted by Gasteiger charge is 2.46. The van der Waals surface area contributed by atoms with E-state index in [1.807, 2.05) is 13.8 Å². The number of hydrogen-bond acceptors (Lipinski definition) is 4. The lowest BCUT2D eigenvalue weighted by atomic mass is 9.73. The number of carbonyl (C=O) groups is 1. The van der Waals surface area contributed by atoms with Gasteiger partial charge in [0.2, 0.25) is 0 Å². The molecule has 150 valence electrons. The van der Waals surface area contributed by atoms with Crippen molar-refractivity contribution >= 4 is 18.4 Å². The molecule has 1 aliphatic carbocycles. The molecule has 0 amide bonds. The van der Waals surface area contributed by atoms with Gasteiger partial charge in [-0.15, -0.1) is 12.4 Å². The molecule has 0 spiro atoms. The normalized spacial score (nSPS) is 19.2. The Morgan fingerprint density at radius 2 is 1.85 bits per heavy atom. The second-order valence-corrected chi connectivity index (χ2v) is 6.49. The maximum atomic E-state index is 13.1. The van der Waals surface area contributed by atoms with E-state index in [0.29, 0.717) is 19.4 Å². The number of aliphatic hydroxyl groups is 1. The average Bonchev–Trinajstić information content (AvgIpc) is 2.79. The molecule has 1 aromatic carbocycles. The van der Waals surface area contributed by atoms with Gasteiger partial charge in [0, 0.05) is 5.92 Å². The summed E-state index contributed by atoms with van der Waals surface area (Å²) in [6.07, 6.45) is 3.52. The molecule has 0 bridgehead atoms. The number of esters is 1. The Labute approximate surface area is 176 Å². The predicted octanol–water partition coefficient (Wildman–Crippen LogP) is 3.76. The van der Waals surface area contributed by atoms with Crippen molar-refractivity contribution in [1.82, 2.24) is 4.90 Å². The average molecular weight is 399 g/mol. The zero-order valence-corrected chi connectivity index (χ0v) is 16.9. The first-order valence-corrected chi connectivity index (χ1v) is 9.35. The van der Waals surface area contributed by atoms with Crippen molar-refractivity contribution in [3.05, 3.63) is 35.8 Å². The number of ether oxygens (including phenoxy) is 1. The molecule has 1 aliphatic rings. The number of nitrogens with zero attached hydrogens (tertiary/aromatic N) is 1. The van der Waals surface area contributed by atoms with Gasteiger partial charge in [-0.1, -0.05) is 75.2 Å². The molecule has 1 unspecified atom stereocenters. The summed E-state index contributed by atoms with van der Waals surface area (Å²) < 4.78 is 45.5. The first-order chi connectivity index (χ1) is 14.7. The molecular formula is C22H32ClNO3. The van der Waals surface area contributed by atoms with Crippen molar-refractivity contribution in [2.75, 3.05) is 26.2 Å². The van der Waals surface area contributed by atoms with E-state index in [-0.39, 0.29) is 19.0 Å². The third-order valence-corrected chi connectivity index (χ3v) is 4.99. The molecule has 0 radical (unpaired) electrons. The first kappa shape index (κ1) is 16.4. The van der Waals surface area contributed by atoms with Crippen LogP contribution in [0, 0.1) is 17.8 Å². The van der Waals surface area contributed by atoms with Crippen molar-refractivity contribution in [3.8, 4) is 11.8 Å². The smallest absolute Gasteiger partial charge is 0.344 e. The van der Waals surface area contributed by atoms with Crippen LogP contribution in [0.5, 0.6) is 0 Å². The van der Waals surface area contributed by atoms with Gasteiger partial charge in [0.05, 0.1) is 13.4 Å². The topological polar surface area (TPSA) is 49.8 Å². The summed E-state index contributed by atoms with van der Waals surface area (Å²) in [6, 6.07) is -2.90. The highest BCUT2D eigenvalue weighted by atomic mass is 35.5. The number of benzene rings is 1. The van der Waals surface area contributed by atoms with E-state index in [4.69, 9.17) is 11.6 Å². The van der Waals surface area contributed by atoms with Gasteiger partial charge < -0.3 is 9.84 Å². The Morgan fingerprint density at radius 3 is 2.44 bits per heavy atom. The van der Waals surface area contributed by atoms with Crippen LogP contribution in [0.25, 0.3) is 0 Å². The maximum Gasteiger partial charge on any atom is 0.344 e. The molecule has 1 aromatic rings. The fourth-order valence-corrected chi connectivity index (χ4v) is 3.31. The van der Waals surface area contributed by atoms with Crippen molar-refractivity contribution in [3.63, 3.8) is 0 Å². The van der Waals surface area contributed by atoms with Gasteiger partial charge in [-0.05, 0) is 31.5 Å². The zero-order valence-electron chi connectivity index (χ0n) is 21.1. The first-order valence-electron chi connectivity index (χ1n) is 11.8. The molecule has 5 heteroatoms. The van der Waals surface area contributed by atoms with E-state index in [1.165, 1.54) is 0 Å².